The average Bonchev–Trinajstić information content (AvgIpc) is 3.16. The first-order valence-corrected chi connectivity index (χ1v) is 12.6. The third-order valence-electron chi connectivity index (χ3n) is 4.78. The first kappa shape index (κ1) is 21.7. The Kier molecular flexibility index (Phi) is 6.22. The number of carbonyl (C=O) groups is 1. The van der Waals surface area contributed by atoms with E-state index in [2.05, 4.69) is 30.8 Å². The molecule has 1 amide bonds. The molecule has 0 saturated carbocycles. The van der Waals surface area contributed by atoms with Gasteiger partial charge in [-0.05, 0) is 67.3 Å². The number of aryl methyl sites for hydroxylation is 2. The van der Waals surface area contributed by atoms with Crippen molar-refractivity contribution >= 4 is 60.1 Å². The Bertz CT molecular complexity index is 1250. The molecule has 0 radical (unpaired) electrons. The van der Waals surface area contributed by atoms with Crippen LogP contribution in [-0.2, 0) is 21.2 Å². The van der Waals surface area contributed by atoms with Crippen LogP contribution in [0.15, 0.2) is 57.9 Å². The fraction of sp³-hybridized carbons (Fsp3) is 0.190. The van der Waals surface area contributed by atoms with E-state index in [0.29, 0.717) is 18.0 Å². The predicted molar refractivity (Wildman–Crippen MR) is 126 cm³/mol. The van der Waals surface area contributed by atoms with Crippen LogP contribution in [0.1, 0.15) is 22.6 Å². The summed E-state index contributed by atoms with van der Waals surface area (Å²) < 4.78 is 28.9. The van der Waals surface area contributed by atoms with Crippen molar-refractivity contribution in [2.45, 2.75) is 24.7 Å². The summed E-state index contributed by atoms with van der Waals surface area (Å²) in [5, 5.41) is 8.54. The molecule has 0 saturated heterocycles. The smallest absolute Gasteiger partial charge is 0.263 e. The molecule has 31 heavy (non-hydrogen) atoms. The van der Waals surface area contributed by atoms with Crippen LogP contribution in [0.25, 0.3) is 6.08 Å². The van der Waals surface area contributed by atoms with Crippen LogP contribution < -0.4 is 9.62 Å². The zero-order valence-electron chi connectivity index (χ0n) is 16.6. The highest BCUT2D eigenvalue weighted by atomic mass is 79.9. The third-order valence-corrected chi connectivity index (χ3v) is 7.53. The largest absolute Gasteiger partial charge is 0.309 e. The number of hydrogen-bond donors (Lipinski definition) is 1. The highest BCUT2D eigenvalue weighted by Crippen LogP contribution is 2.30. The number of sulfonamides is 1. The number of anilines is 2. The molecular weight excluding hydrogens is 500 g/mol. The second-order valence-corrected chi connectivity index (χ2v) is 10.8. The van der Waals surface area contributed by atoms with Crippen LogP contribution in [-0.4, -0.2) is 31.1 Å². The van der Waals surface area contributed by atoms with Crippen molar-refractivity contribution in [2.75, 3.05) is 16.2 Å². The lowest BCUT2D eigenvalue weighted by atomic mass is 10.0. The summed E-state index contributed by atoms with van der Waals surface area (Å²) in [5.41, 5.74) is 2.49. The van der Waals surface area contributed by atoms with Crippen LogP contribution >= 0.6 is 27.3 Å². The number of amides is 1. The SMILES string of the molecule is Cc1nnc(NS(=O)(=O)c2ccc3c(c2)CCCN3C(=O)/C=C/c2ccc(Br)cc2)s1. The Labute approximate surface area is 193 Å². The summed E-state index contributed by atoms with van der Waals surface area (Å²) in [5.74, 6) is -0.137. The summed E-state index contributed by atoms with van der Waals surface area (Å²) >= 11 is 4.56. The van der Waals surface area contributed by atoms with Crippen molar-refractivity contribution in [3.05, 3.63) is 69.1 Å². The Morgan fingerprint density at radius 2 is 1.97 bits per heavy atom. The number of aromatic nitrogens is 2. The van der Waals surface area contributed by atoms with Crippen LogP contribution in [0.2, 0.25) is 0 Å². The zero-order chi connectivity index (χ0) is 22.0. The quantitative estimate of drug-likeness (QED) is 0.505. The van der Waals surface area contributed by atoms with Crippen LogP contribution in [0.3, 0.4) is 0 Å². The summed E-state index contributed by atoms with van der Waals surface area (Å²) in [7, 11) is -3.78. The van der Waals surface area contributed by atoms with Gasteiger partial charge in [0.25, 0.3) is 15.9 Å². The first-order valence-electron chi connectivity index (χ1n) is 9.53. The Hall–Kier alpha value is -2.56. The molecule has 1 aromatic heterocycles. The number of nitrogens with zero attached hydrogens (tertiary/aromatic N) is 3. The van der Waals surface area contributed by atoms with E-state index >= 15 is 0 Å². The maximum atomic E-state index is 12.8. The van der Waals surface area contributed by atoms with E-state index in [-0.39, 0.29) is 15.9 Å². The minimum absolute atomic E-state index is 0.137. The van der Waals surface area contributed by atoms with Gasteiger partial charge in [0.05, 0.1) is 4.90 Å². The average molecular weight is 519 g/mol. The summed E-state index contributed by atoms with van der Waals surface area (Å²) in [4.78, 5) is 14.6. The van der Waals surface area contributed by atoms with Gasteiger partial charge in [0.2, 0.25) is 5.13 Å². The Balaban J connectivity index is 1.55. The fourth-order valence-electron chi connectivity index (χ4n) is 3.31. The van der Waals surface area contributed by atoms with Gasteiger partial charge in [-0.3, -0.25) is 9.52 Å². The van der Waals surface area contributed by atoms with E-state index in [1.165, 1.54) is 17.4 Å². The molecular formula is C21H19BrN4O3S2. The van der Waals surface area contributed by atoms with Gasteiger partial charge in [-0.15, -0.1) is 10.2 Å². The van der Waals surface area contributed by atoms with Gasteiger partial charge in [0.1, 0.15) is 5.01 Å². The number of benzene rings is 2. The van der Waals surface area contributed by atoms with Crippen LogP contribution in [0, 0.1) is 6.92 Å². The zero-order valence-corrected chi connectivity index (χ0v) is 19.8. The maximum absolute atomic E-state index is 12.8. The van der Waals surface area contributed by atoms with Gasteiger partial charge in [0, 0.05) is 22.8 Å². The molecule has 0 atom stereocenters. The van der Waals surface area contributed by atoms with Crippen molar-refractivity contribution in [3.63, 3.8) is 0 Å². The highest BCUT2D eigenvalue weighted by molar-refractivity contribution is 9.10. The van der Waals surface area contributed by atoms with E-state index in [1.54, 1.807) is 36.1 Å². The summed E-state index contributed by atoms with van der Waals surface area (Å²) in [6.07, 6.45) is 4.78. The van der Waals surface area contributed by atoms with E-state index in [1.807, 2.05) is 24.3 Å². The molecule has 1 aliphatic rings. The van der Waals surface area contributed by atoms with Gasteiger partial charge in [-0.1, -0.05) is 39.4 Å². The van der Waals surface area contributed by atoms with Crippen LogP contribution in [0.4, 0.5) is 10.8 Å². The molecule has 0 spiro atoms. The number of fused-ring (bicyclic) bond motifs is 1. The van der Waals surface area contributed by atoms with Crippen molar-refractivity contribution < 1.29 is 13.2 Å². The monoisotopic (exact) mass is 518 g/mol. The molecule has 2 heterocycles. The highest BCUT2D eigenvalue weighted by Gasteiger charge is 2.24. The van der Waals surface area contributed by atoms with Gasteiger partial charge in [-0.25, -0.2) is 8.42 Å². The number of carbonyl (C=O) groups excluding carboxylic acids is 1. The molecule has 10 heteroatoms. The second kappa shape index (κ2) is 8.89. The number of halogens is 1. The van der Waals surface area contributed by atoms with Crippen LogP contribution in [0.5, 0.6) is 0 Å². The van der Waals surface area contributed by atoms with E-state index in [4.69, 9.17) is 0 Å². The van der Waals surface area contributed by atoms with E-state index < -0.39 is 10.0 Å². The number of nitrogens with one attached hydrogen (secondary N) is 1. The first-order chi connectivity index (χ1) is 14.8. The summed E-state index contributed by atoms with van der Waals surface area (Å²) in [6.45, 7) is 2.34. The molecule has 1 aliphatic heterocycles. The lowest BCUT2D eigenvalue weighted by molar-refractivity contribution is -0.114. The van der Waals surface area contributed by atoms with Crippen molar-refractivity contribution in [3.8, 4) is 0 Å². The summed E-state index contributed by atoms with van der Waals surface area (Å²) in [6, 6.07) is 12.5. The Morgan fingerprint density at radius 3 is 2.68 bits per heavy atom. The van der Waals surface area contributed by atoms with Gasteiger partial charge >= 0.3 is 0 Å². The maximum Gasteiger partial charge on any atom is 0.263 e. The van der Waals surface area contributed by atoms with E-state index in [0.717, 1.165) is 27.7 Å². The fourth-order valence-corrected chi connectivity index (χ4v) is 5.45. The number of rotatable bonds is 5. The van der Waals surface area contributed by atoms with Crippen molar-refractivity contribution in [2.24, 2.45) is 0 Å². The van der Waals surface area contributed by atoms with Gasteiger partial charge in [0.15, 0.2) is 0 Å². The van der Waals surface area contributed by atoms with Crippen molar-refractivity contribution in [1.29, 1.82) is 0 Å². The van der Waals surface area contributed by atoms with E-state index in [9.17, 15) is 13.2 Å². The minimum Gasteiger partial charge on any atom is -0.309 e. The van der Waals surface area contributed by atoms with Gasteiger partial charge in [-0.2, -0.15) is 0 Å². The second-order valence-electron chi connectivity index (χ2n) is 7.00. The molecule has 0 bridgehead atoms. The molecule has 0 unspecified atom stereocenters. The topological polar surface area (TPSA) is 92.3 Å². The predicted octanol–water partition coefficient (Wildman–Crippen LogP) is 4.40. The minimum atomic E-state index is -3.78. The standard InChI is InChI=1S/C21H19BrN4O3S2/c1-14-23-24-21(30-14)25-31(28,29)18-9-10-19-16(13-18)3-2-12-26(19)20(27)11-6-15-4-7-17(22)8-5-15/h4-11,13H,2-3,12H2,1H3,(H,24,25)/b11-6+. The molecule has 7 nitrogen and oxygen atoms in total. The molecule has 160 valence electrons. The molecule has 0 aliphatic carbocycles. The third kappa shape index (κ3) is 5.03. The molecule has 3 aromatic rings. The Morgan fingerprint density at radius 1 is 1.19 bits per heavy atom. The normalized spacial score (nSPS) is 13.9. The molecule has 2 aromatic carbocycles. The molecule has 1 N–H and O–H groups in total. The lowest BCUT2D eigenvalue weighted by Gasteiger charge is -2.29. The molecule has 0 fully saturated rings. The number of hydrogen-bond acceptors (Lipinski definition) is 6. The van der Waals surface area contributed by atoms with Gasteiger partial charge < -0.3 is 4.90 Å². The molecule has 4 rings (SSSR count). The lowest BCUT2D eigenvalue weighted by Crippen LogP contribution is -2.34. The van der Waals surface area contributed by atoms with Crippen molar-refractivity contribution in [1.82, 2.24) is 10.2 Å².